The van der Waals surface area contributed by atoms with Gasteiger partial charge < -0.3 is 5.32 Å². The molecule has 2 fully saturated rings. The second-order valence-electron chi connectivity index (χ2n) is 6.33. The summed E-state index contributed by atoms with van der Waals surface area (Å²) in [5.74, 6) is 1.54. The third-order valence-electron chi connectivity index (χ3n) is 4.59. The number of piperidine rings is 1. The highest BCUT2D eigenvalue weighted by atomic mass is 32.2. The van der Waals surface area contributed by atoms with Gasteiger partial charge in [0.2, 0.25) is 10.0 Å². The average Bonchev–Trinajstić information content (AvgIpc) is 2.40. The molecule has 1 heterocycles. The molecule has 1 aliphatic carbocycles. The van der Waals surface area contributed by atoms with E-state index in [4.69, 9.17) is 0 Å². The Bertz CT molecular complexity index is 364. The van der Waals surface area contributed by atoms with Gasteiger partial charge >= 0.3 is 0 Å². The third-order valence-corrected chi connectivity index (χ3v) is 6.48. The lowest BCUT2D eigenvalue weighted by atomic mass is 9.81. The van der Waals surface area contributed by atoms with Gasteiger partial charge in [0.05, 0.1) is 5.25 Å². The second kappa shape index (κ2) is 7.04. The molecule has 2 N–H and O–H groups in total. The van der Waals surface area contributed by atoms with Gasteiger partial charge in [-0.3, -0.25) is 0 Å². The SMILES string of the molecule is CC1CCCC(CCNS(=O)(=O)C2CCCNC2)C1. The van der Waals surface area contributed by atoms with E-state index in [1.54, 1.807) is 0 Å². The molecule has 2 rings (SSSR count). The zero-order valence-electron chi connectivity index (χ0n) is 12.0. The molecule has 112 valence electrons. The minimum Gasteiger partial charge on any atom is -0.315 e. The molecule has 19 heavy (non-hydrogen) atoms. The molecule has 0 aromatic heterocycles. The molecule has 1 saturated heterocycles. The number of sulfonamides is 1. The van der Waals surface area contributed by atoms with Crippen LogP contribution in [0.3, 0.4) is 0 Å². The van der Waals surface area contributed by atoms with Crippen LogP contribution < -0.4 is 10.0 Å². The molecule has 0 radical (unpaired) electrons. The molecule has 0 aromatic carbocycles. The van der Waals surface area contributed by atoms with Gasteiger partial charge in [-0.15, -0.1) is 0 Å². The minimum absolute atomic E-state index is 0.230. The molecule has 2 aliphatic rings. The van der Waals surface area contributed by atoms with Crippen LogP contribution in [0, 0.1) is 11.8 Å². The summed E-state index contributed by atoms with van der Waals surface area (Å²) in [7, 11) is -3.11. The maximum atomic E-state index is 12.1. The molecule has 0 aromatic rings. The highest BCUT2D eigenvalue weighted by Gasteiger charge is 2.27. The summed E-state index contributed by atoms with van der Waals surface area (Å²) < 4.78 is 27.1. The van der Waals surface area contributed by atoms with E-state index < -0.39 is 10.0 Å². The van der Waals surface area contributed by atoms with Crippen molar-refractivity contribution in [2.45, 2.75) is 57.1 Å². The predicted octanol–water partition coefficient (Wildman–Crippen LogP) is 1.87. The van der Waals surface area contributed by atoms with E-state index in [9.17, 15) is 8.42 Å². The first-order valence-corrected chi connectivity index (χ1v) is 9.32. The van der Waals surface area contributed by atoms with E-state index in [1.165, 1.54) is 25.7 Å². The van der Waals surface area contributed by atoms with Crippen LogP contribution in [0.2, 0.25) is 0 Å². The lowest BCUT2D eigenvalue weighted by molar-refractivity contribution is 0.270. The summed E-state index contributed by atoms with van der Waals surface area (Å²) in [6.07, 6.45) is 7.96. The van der Waals surface area contributed by atoms with E-state index in [0.29, 0.717) is 13.1 Å². The normalized spacial score (nSPS) is 33.2. The molecule has 4 nitrogen and oxygen atoms in total. The van der Waals surface area contributed by atoms with E-state index in [-0.39, 0.29) is 5.25 Å². The minimum atomic E-state index is -3.11. The fourth-order valence-electron chi connectivity index (χ4n) is 3.43. The highest BCUT2D eigenvalue weighted by molar-refractivity contribution is 7.90. The van der Waals surface area contributed by atoms with Crippen molar-refractivity contribution >= 4 is 10.0 Å². The largest absolute Gasteiger partial charge is 0.315 e. The van der Waals surface area contributed by atoms with Crippen LogP contribution in [0.15, 0.2) is 0 Å². The van der Waals surface area contributed by atoms with Crippen LogP contribution in [0.5, 0.6) is 0 Å². The Balaban J connectivity index is 1.71. The van der Waals surface area contributed by atoms with Gasteiger partial charge in [-0.1, -0.05) is 26.2 Å². The predicted molar refractivity (Wildman–Crippen MR) is 78.6 cm³/mol. The van der Waals surface area contributed by atoms with Crippen molar-refractivity contribution in [2.24, 2.45) is 11.8 Å². The van der Waals surface area contributed by atoms with Gasteiger partial charge in [0.25, 0.3) is 0 Å². The van der Waals surface area contributed by atoms with Crippen LogP contribution >= 0.6 is 0 Å². The summed E-state index contributed by atoms with van der Waals surface area (Å²) in [6, 6.07) is 0. The van der Waals surface area contributed by atoms with Crippen molar-refractivity contribution in [3.05, 3.63) is 0 Å². The van der Waals surface area contributed by atoms with Gasteiger partial charge in [-0.05, 0) is 44.1 Å². The Morgan fingerprint density at radius 3 is 2.74 bits per heavy atom. The van der Waals surface area contributed by atoms with Crippen LogP contribution in [0.25, 0.3) is 0 Å². The molecule has 3 unspecified atom stereocenters. The van der Waals surface area contributed by atoms with Gasteiger partial charge in [0.15, 0.2) is 0 Å². The van der Waals surface area contributed by atoms with Crippen molar-refractivity contribution in [2.75, 3.05) is 19.6 Å². The van der Waals surface area contributed by atoms with Gasteiger partial charge in [-0.25, -0.2) is 13.1 Å². The van der Waals surface area contributed by atoms with E-state index in [0.717, 1.165) is 37.6 Å². The number of hydrogen-bond donors (Lipinski definition) is 2. The van der Waals surface area contributed by atoms with Crippen molar-refractivity contribution in [1.82, 2.24) is 10.0 Å². The molecule has 3 atom stereocenters. The quantitative estimate of drug-likeness (QED) is 0.812. The fraction of sp³-hybridized carbons (Fsp3) is 1.00. The summed E-state index contributed by atoms with van der Waals surface area (Å²) >= 11 is 0. The van der Waals surface area contributed by atoms with Gasteiger partial charge in [0, 0.05) is 13.1 Å². The summed E-state index contributed by atoms with van der Waals surface area (Å²) in [5, 5.41) is 2.94. The second-order valence-corrected chi connectivity index (χ2v) is 8.38. The Morgan fingerprint density at radius 2 is 2.05 bits per heavy atom. The van der Waals surface area contributed by atoms with Crippen molar-refractivity contribution in [1.29, 1.82) is 0 Å². The van der Waals surface area contributed by atoms with Crippen molar-refractivity contribution in [3.8, 4) is 0 Å². The molecule has 1 saturated carbocycles. The molecular formula is C14H28N2O2S. The topological polar surface area (TPSA) is 58.2 Å². The lowest BCUT2D eigenvalue weighted by Gasteiger charge is -2.27. The highest BCUT2D eigenvalue weighted by Crippen LogP contribution is 2.30. The van der Waals surface area contributed by atoms with Crippen LogP contribution in [-0.4, -0.2) is 33.3 Å². The molecule has 0 amide bonds. The molecular weight excluding hydrogens is 260 g/mol. The van der Waals surface area contributed by atoms with Crippen LogP contribution in [0.1, 0.15) is 51.9 Å². The molecule has 1 aliphatic heterocycles. The molecule has 0 spiro atoms. The summed E-state index contributed by atoms with van der Waals surface area (Å²) in [6.45, 7) is 4.49. The maximum Gasteiger partial charge on any atom is 0.215 e. The Kier molecular flexibility index (Phi) is 5.66. The molecule has 5 heteroatoms. The number of nitrogens with one attached hydrogen (secondary N) is 2. The van der Waals surface area contributed by atoms with Crippen molar-refractivity contribution < 1.29 is 8.42 Å². The van der Waals surface area contributed by atoms with Gasteiger partial charge in [0.1, 0.15) is 0 Å². The zero-order chi connectivity index (χ0) is 13.7. The summed E-state index contributed by atoms with van der Waals surface area (Å²) in [5.41, 5.74) is 0. The Labute approximate surface area is 117 Å². The first kappa shape index (κ1) is 15.3. The average molecular weight is 288 g/mol. The standard InChI is InChI=1S/C14H28N2O2S/c1-12-4-2-5-13(10-12)7-9-16-19(17,18)14-6-3-8-15-11-14/h12-16H,2-11H2,1H3. The third kappa shape index (κ3) is 4.72. The maximum absolute atomic E-state index is 12.1. The Morgan fingerprint density at radius 1 is 1.21 bits per heavy atom. The first-order chi connectivity index (χ1) is 9.08. The van der Waals surface area contributed by atoms with Crippen molar-refractivity contribution in [3.63, 3.8) is 0 Å². The van der Waals surface area contributed by atoms with E-state index in [2.05, 4.69) is 17.0 Å². The number of hydrogen-bond acceptors (Lipinski definition) is 3. The Hall–Kier alpha value is -0.130. The smallest absolute Gasteiger partial charge is 0.215 e. The number of rotatable bonds is 5. The van der Waals surface area contributed by atoms with E-state index in [1.807, 2.05) is 0 Å². The monoisotopic (exact) mass is 288 g/mol. The summed E-state index contributed by atoms with van der Waals surface area (Å²) in [4.78, 5) is 0. The van der Waals surface area contributed by atoms with E-state index >= 15 is 0 Å². The molecule has 0 bridgehead atoms. The lowest BCUT2D eigenvalue weighted by Crippen LogP contribution is -2.44. The first-order valence-electron chi connectivity index (χ1n) is 7.77. The van der Waals surface area contributed by atoms with Crippen LogP contribution in [-0.2, 0) is 10.0 Å². The van der Waals surface area contributed by atoms with Crippen LogP contribution in [0.4, 0.5) is 0 Å². The van der Waals surface area contributed by atoms with Gasteiger partial charge in [-0.2, -0.15) is 0 Å². The fourth-order valence-corrected chi connectivity index (χ4v) is 4.88. The zero-order valence-corrected chi connectivity index (χ0v) is 12.8.